The van der Waals surface area contributed by atoms with E-state index in [1.54, 1.807) is 0 Å². The normalized spacial score (nSPS) is 24.4. The molecule has 0 saturated carbocycles. The number of aliphatic hydroxyl groups is 1. The average Bonchev–Trinajstić information content (AvgIpc) is 3.31. The van der Waals surface area contributed by atoms with E-state index in [-0.39, 0.29) is 5.41 Å². The molecule has 2 aliphatic heterocycles. The number of likely N-dealkylation sites (N-methyl/N-ethyl adjacent to an activating group) is 2. The van der Waals surface area contributed by atoms with Crippen molar-refractivity contribution < 1.29 is 5.11 Å². The van der Waals surface area contributed by atoms with Crippen LogP contribution in [0.4, 0.5) is 11.4 Å². The van der Waals surface area contributed by atoms with E-state index < -0.39 is 11.1 Å². The van der Waals surface area contributed by atoms with Gasteiger partial charge in [-0.1, -0.05) is 112 Å². The minimum atomic E-state index is -1.20. The maximum atomic E-state index is 12.3. The van der Waals surface area contributed by atoms with Crippen LogP contribution in [0.3, 0.4) is 0 Å². The standard InChI is InChI=1S/C40H41ClN2O/c1-38(2)34(42(5)32-21-18-26-12-7-9-16-30(26)35(32)38)23-20-28-14-11-15-29(37(28)41)24-25-40(44)39(3,4)36-31-17-10-8-13-27(31)19-22-33(36)43(40)6/h7-10,12-13,16-25,44H,11,14-15H2,1-6H3/b25-24+,28-20+,34-23-. The third-order valence-corrected chi connectivity index (χ3v) is 11.1. The molecule has 3 nitrogen and oxygen atoms in total. The maximum absolute atomic E-state index is 12.3. The van der Waals surface area contributed by atoms with Gasteiger partial charge in [0.25, 0.3) is 0 Å². The lowest BCUT2D eigenvalue weighted by Gasteiger charge is -2.39. The SMILES string of the molecule is CN1/C(=C\C=C2/CCCC(/C=C/C3(O)N(C)c4ccc5ccccc5c4C3(C)C)=C2Cl)C(C)(C)c2c1ccc1ccccc21. The number of allylic oxidation sites excluding steroid dienone is 7. The van der Waals surface area contributed by atoms with Crippen LogP contribution in [0, 0.1) is 0 Å². The molecule has 44 heavy (non-hydrogen) atoms. The van der Waals surface area contributed by atoms with Crippen LogP contribution in [0.5, 0.6) is 0 Å². The quantitative estimate of drug-likeness (QED) is 0.253. The van der Waals surface area contributed by atoms with Crippen molar-refractivity contribution in [3.8, 4) is 0 Å². The zero-order valence-electron chi connectivity index (χ0n) is 26.6. The second-order valence-electron chi connectivity index (χ2n) is 13.7. The molecule has 0 bridgehead atoms. The highest BCUT2D eigenvalue weighted by Gasteiger charge is 2.54. The Morgan fingerprint density at radius 2 is 1.36 bits per heavy atom. The van der Waals surface area contributed by atoms with Gasteiger partial charge in [-0.3, -0.25) is 0 Å². The Kier molecular flexibility index (Phi) is 6.66. The molecule has 3 aliphatic rings. The molecule has 0 fully saturated rings. The van der Waals surface area contributed by atoms with Crippen molar-refractivity contribution in [2.75, 3.05) is 23.9 Å². The lowest BCUT2D eigenvalue weighted by molar-refractivity contribution is 0.0344. The first-order valence-corrected chi connectivity index (χ1v) is 16.1. The number of nitrogens with zero attached hydrogens (tertiary/aromatic N) is 2. The number of rotatable bonds is 3. The molecule has 0 saturated heterocycles. The predicted molar refractivity (Wildman–Crippen MR) is 188 cm³/mol. The van der Waals surface area contributed by atoms with Crippen LogP contribution in [0.15, 0.2) is 119 Å². The number of fused-ring (bicyclic) bond motifs is 6. The average molecular weight is 601 g/mol. The first-order valence-electron chi connectivity index (χ1n) is 15.7. The second-order valence-corrected chi connectivity index (χ2v) is 14.1. The highest BCUT2D eigenvalue weighted by Crippen LogP contribution is 2.53. The molecular weight excluding hydrogens is 560 g/mol. The van der Waals surface area contributed by atoms with Crippen molar-refractivity contribution in [1.82, 2.24) is 0 Å². The smallest absolute Gasteiger partial charge is 0.166 e. The van der Waals surface area contributed by atoms with Gasteiger partial charge in [0.2, 0.25) is 0 Å². The van der Waals surface area contributed by atoms with Crippen LogP contribution in [-0.2, 0) is 10.8 Å². The minimum Gasteiger partial charge on any atom is -0.366 e. The first-order chi connectivity index (χ1) is 21.0. The number of hydrogen-bond donors (Lipinski definition) is 1. The third kappa shape index (κ3) is 4.06. The summed E-state index contributed by atoms with van der Waals surface area (Å²) in [6.07, 6.45) is 11.4. The Labute approximate surface area is 266 Å². The summed E-state index contributed by atoms with van der Waals surface area (Å²) in [5.74, 6) is 0. The molecule has 224 valence electrons. The lowest BCUT2D eigenvalue weighted by atomic mass is 9.75. The molecule has 1 atom stereocenters. The molecule has 1 unspecified atom stereocenters. The molecule has 0 radical (unpaired) electrons. The highest BCUT2D eigenvalue weighted by molar-refractivity contribution is 6.32. The summed E-state index contributed by atoms with van der Waals surface area (Å²) in [7, 11) is 4.16. The molecule has 1 N–H and O–H groups in total. The fraction of sp³-hybridized carbons (Fsp3) is 0.300. The topological polar surface area (TPSA) is 26.7 Å². The molecular formula is C40H41ClN2O. The van der Waals surface area contributed by atoms with Gasteiger partial charge in [-0.05, 0) is 87.4 Å². The van der Waals surface area contributed by atoms with Gasteiger partial charge in [-0.25, -0.2) is 0 Å². The summed E-state index contributed by atoms with van der Waals surface area (Å²) in [5, 5.41) is 18.1. The molecule has 7 rings (SSSR count). The van der Waals surface area contributed by atoms with Gasteiger partial charge < -0.3 is 14.9 Å². The van der Waals surface area contributed by atoms with E-state index in [1.165, 1.54) is 44.1 Å². The van der Waals surface area contributed by atoms with Crippen molar-refractivity contribution in [2.45, 2.75) is 63.5 Å². The number of anilines is 2. The van der Waals surface area contributed by atoms with Crippen LogP contribution in [0.25, 0.3) is 21.5 Å². The van der Waals surface area contributed by atoms with Crippen LogP contribution in [0.1, 0.15) is 58.1 Å². The molecule has 0 amide bonds. The van der Waals surface area contributed by atoms with Crippen molar-refractivity contribution in [2.24, 2.45) is 0 Å². The zero-order valence-corrected chi connectivity index (χ0v) is 27.3. The van der Waals surface area contributed by atoms with Gasteiger partial charge in [0.15, 0.2) is 5.72 Å². The number of hydrogen-bond acceptors (Lipinski definition) is 3. The van der Waals surface area contributed by atoms with Gasteiger partial charge >= 0.3 is 0 Å². The van der Waals surface area contributed by atoms with Crippen molar-refractivity contribution >= 4 is 44.5 Å². The fourth-order valence-corrected chi connectivity index (χ4v) is 8.42. The van der Waals surface area contributed by atoms with Crippen LogP contribution < -0.4 is 9.80 Å². The van der Waals surface area contributed by atoms with E-state index in [2.05, 4.69) is 131 Å². The maximum Gasteiger partial charge on any atom is 0.166 e. The van der Waals surface area contributed by atoms with Crippen molar-refractivity contribution in [1.29, 1.82) is 0 Å². The summed E-state index contributed by atoms with van der Waals surface area (Å²) in [6.45, 7) is 8.92. The highest BCUT2D eigenvalue weighted by atomic mass is 35.5. The molecule has 1 aliphatic carbocycles. The lowest BCUT2D eigenvalue weighted by Crippen LogP contribution is -2.52. The van der Waals surface area contributed by atoms with Gasteiger partial charge in [0.05, 0.1) is 0 Å². The Balaban J connectivity index is 1.23. The van der Waals surface area contributed by atoms with Crippen molar-refractivity contribution in [3.05, 3.63) is 130 Å². The van der Waals surface area contributed by atoms with E-state index >= 15 is 0 Å². The molecule has 4 aromatic carbocycles. The zero-order chi connectivity index (χ0) is 31.0. The summed E-state index contributed by atoms with van der Waals surface area (Å²) in [4.78, 5) is 4.35. The molecule has 0 spiro atoms. The Morgan fingerprint density at radius 1 is 0.750 bits per heavy atom. The fourth-order valence-electron chi connectivity index (χ4n) is 8.10. The van der Waals surface area contributed by atoms with Gasteiger partial charge in [-0.2, -0.15) is 0 Å². The van der Waals surface area contributed by atoms with Crippen molar-refractivity contribution in [3.63, 3.8) is 0 Å². The van der Waals surface area contributed by atoms with E-state index in [0.717, 1.165) is 41.1 Å². The predicted octanol–water partition coefficient (Wildman–Crippen LogP) is 9.88. The van der Waals surface area contributed by atoms with E-state index in [0.29, 0.717) is 0 Å². The van der Waals surface area contributed by atoms with Gasteiger partial charge in [0.1, 0.15) is 0 Å². The molecule has 0 aromatic heterocycles. The second kappa shape index (κ2) is 10.1. The Morgan fingerprint density at radius 3 is 2.05 bits per heavy atom. The van der Waals surface area contributed by atoms with Gasteiger partial charge in [-0.15, -0.1) is 0 Å². The summed E-state index contributed by atoms with van der Waals surface area (Å²) < 4.78 is 0. The monoisotopic (exact) mass is 600 g/mol. The van der Waals surface area contributed by atoms with Crippen LogP contribution in [0.2, 0.25) is 0 Å². The van der Waals surface area contributed by atoms with Gasteiger partial charge in [0, 0.05) is 47.0 Å². The molecule has 2 heterocycles. The molecule has 4 aromatic rings. The number of benzene rings is 4. The molecule has 4 heteroatoms. The van der Waals surface area contributed by atoms with E-state index in [9.17, 15) is 5.11 Å². The van der Waals surface area contributed by atoms with Crippen LogP contribution in [-0.4, -0.2) is 24.9 Å². The first kappa shape index (κ1) is 29.0. The Hall–Kier alpha value is -3.79. The van der Waals surface area contributed by atoms with Crippen LogP contribution >= 0.6 is 11.6 Å². The summed E-state index contributed by atoms with van der Waals surface area (Å²) in [5.41, 5.74) is 6.50. The Bertz CT molecular complexity index is 1960. The number of halogens is 1. The summed E-state index contributed by atoms with van der Waals surface area (Å²) >= 11 is 7.14. The van der Waals surface area contributed by atoms with E-state index in [4.69, 9.17) is 11.6 Å². The largest absolute Gasteiger partial charge is 0.366 e. The summed E-state index contributed by atoms with van der Waals surface area (Å²) in [6, 6.07) is 25.9. The third-order valence-electron chi connectivity index (χ3n) is 10.6. The minimum absolute atomic E-state index is 0.142. The van der Waals surface area contributed by atoms with E-state index in [1.807, 2.05) is 18.0 Å².